The van der Waals surface area contributed by atoms with E-state index in [9.17, 15) is 14.7 Å². The van der Waals surface area contributed by atoms with E-state index >= 15 is 0 Å². The average Bonchev–Trinajstić information content (AvgIpc) is 3.07. The molecule has 1 saturated heterocycles. The molecule has 2 atom stereocenters. The topological polar surface area (TPSA) is 97.4 Å². The molecule has 2 N–H and O–H groups in total. The summed E-state index contributed by atoms with van der Waals surface area (Å²) in [6, 6.07) is 0. The molecule has 0 aromatic heterocycles. The number of epoxide rings is 1. The Morgan fingerprint density at radius 1 is 1.44 bits per heavy atom. The van der Waals surface area contributed by atoms with Crippen molar-refractivity contribution in [3.8, 4) is 0 Å². The van der Waals surface area contributed by atoms with Gasteiger partial charge in [-0.1, -0.05) is 0 Å². The molecule has 0 saturated carbocycles. The standard InChI is InChI=1S/C6H13NO3.C5H8O3/c1-6(9,4-7-2)5(8)10-3;1-5(3-8-5)4(6)7-2/h7,9H,4H2,1-3H3;3H2,1-2H3. The Kier molecular flexibility index (Phi) is 6.23. The molecule has 106 valence electrons. The lowest BCUT2D eigenvalue weighted by atomic mass is 10.1. The van der Waals surface area contributed by atoms with Gasteiger partial charge in [0.2, 0.25) is 0 Å². The summed E-state index contributed by atoms with van der Waals surface area (Å²) in [7, 11) is 4.25. The molecule has 0 amide bonds. The Balaban J connectivity index is 0.000000327. The molecular formula is C11H21NO6. The van der Waals surface area contributed by atoms with Gasteiger partial charge in [-0.3, -0.25) is 0 Å². The minimum atomic E-state index is -1.41. The van der Waals surface area contributed by atoms with E-state index in [1.54, 1.807) is 14.0 Å². The number of esters is 2. The van der Waals surface area contributed by atoms with E-state index in [-0.39, 0.29) is 12.5 Å². The van der Waals surface area contributed by atoms with Gasteiger partial charge in [0.25, 0.3) is 0 Å². The second-order valence-corrected chi connectivity index (χ2v) is 4.31. The smallest absolute Gasteiger partial charge is 0.340 e. The first-order valence-electron chi connectivity index (χ1n) is 5.41. The fourth-order valence-corrected chi connectivity index (χ4v) is 1.08. The van der Waals surface area contributed by atoms with Crippen molar-refractivity contribution in [2.75, 3.05) is 34.4 Å². The van der Waals surface area contributed by atoms with Crippen LogP contribution in [-0.2, 0) is 23.8 Å². The predicted octanol–water partition coefficient (Wildman–Crippen LogP) is -0.922. The molecule has 0 spiro atoms. The van der Waals surface area contributed by atoms with E-state index in [1.807, 2.05) is 0 Å². The molecule has 7 nitrogen and oxygen atoms in total. The van der Waals surface area contributed by atoms with Gasteiger partial charge in [-0.05, 0) is 20.9 Å². The molecule has 0 aromatic carbocycles. The van der Waals surface area contributed by atoms with E-state index in [0.29, 0.717) is 6.61 Å². The largest absolute Gasteiger partial charge is 0.467 e. The van der Waals surface area contributed by atoms with Crippen molar-refractivity contribution >= 4 is 11.9 Å². The second-order valence-electron chi connectivity index (χ2n) is 4.31. The summed E-state index contributed by atoms with van der Waals surface area (Å²) >= 11 is 0. The lowest BCUT2D eigenvalue weighted by Gasteiger charge is -2.18. The molecule has 2 unspecified atom stereocenters. The maximum atomic E-state index is 10.7. The fourth-order valence-electron chi connectivity index (χ4n) is 1.08. The van der Waals surface area contributed by atoms with E-state index in [2.05, 4.69) is 14.8 Å². The zero-order valence-corrected chi connectivity index (χ0v) is 11.4. The zero-order chi connectivity index (χ0) is 14.4. The Morgan fingerprint density at radius 2 is 1.94 bits per heavy atom. The number of hydrogen-bond acceptors (Lipinski definition) is 7. The maximum absolute atomic E-state index is 10.7. The van der Waals surface area contributed by atoms with Crippen molar-refractivity contribution in [1.29, 1.82) is 0 Å². The van der Waals surface area contributed by atoms with Crippen molar-refractivity contribution in [3.05, 3.63) is 0 Å². The van der Waals surface area contributed by atoms with Crippen molar-refractivity contribution in [2.24, 2.45) is 0 Å². The third kappa shape index (κ3) is 4.99. The quantitative estimate of drug-likeness (QED) is 0.500. The fraction of sp³-hybridized carbons (Fsp3) is 0.818. The first-order chi connectivity index (χ1) is 8.23. The molecule has 0 bridgehead atoms. The van der Waals surface area contributed by atoms with E-state index in [0.717, 1.165) is 0 Å². The van der Waals surface area contributed by atoms with Gasteiger partial charge in [0, 0.05) is 6.54 Å². The summed E-state index contributed by atoms with van der Waals surface area (Å²) in [5.74, 6) is -0.903. The van der Waals surface area contributed by atoms with Gasteiger partial charge in [0.15, 0.2) is 11.2 Å². The maximum Gasteiger partial charge on any atom is 0.340 e. The Bertz CT molecular complexity index is 298. The van der Waals surface area contributed by atoms with Crippen LogP contribution in [-0.4, -0.2) is 62.7 Å². The normalized spacial score (nSPS) is 24.1. The molecule has 1 aliphatic rings. The highest BCUT2D eigenvalue weighted by Gasteiger charge is 2.48. The highest BCUT2D eigenvalue weighted by atomic mass is 16.6. The molecular weight excluding hydrogens is 242 g/mol. The van der Waals surface area contributed by atoms with E-state index < -0.39 is 17.2 Å². The monoisotopic (exact) mass is 263 g/mol. The molecule has 1 heterocycles. The molecule has 0 radical (unpaired) electrons. The molecule has 0 aliphatic carbocycles. The van der Waals surface area contributed by atoms with Gasteiger partial charge in [0.05, 0.1) is 20.8 Å². The number of carbonyl (C=O) groups excluding carboxylic acids is 2. The van der Waals surface area contributed by atoms with Crippen LogP contribution in [0.2, 0.25) is 0 Å². The van der Waals surface area contributed by atoms with Crippen LogP contribution in [0.25, 0.3) is 0 Å². The summed E-state index contributed by atoms with van der Waals surface area (Å²) in [4.78, 5) is 21.3. The molecule has 1 fully saturated rings. The minimum Gasteiger partial charge on any atom is -0.467 e. The average molecular weight is 263 g/mol. The SMILES string of the molecule is CNCC(C)(O)C(=O)OC.COC(=O)C1(C)CO1. The summed E-state index contributed by atoms with van der Waals surface area (Å²) in [6.07, 6.45) is 0. The summed E-state index contributed by atoms with van der Waals surface area (Å²) in [6.45, 7) is 3.80. The Labute approximate surface area is 106 Å². The Hall–Kier alpha value is -1.18. The van der Waals surface area contributed by atoms with Crippen LogP contribution in [0.1, 0.15) is 13.8 Å². The van der Waals surface area contributed by atoms with Crippen LogP contribution >= 0.6 is 0 Å². The van der Waals surface area contributed by atoms with Crippen LogP contribution in [0.15, 0.2) is 0 Å². The Morgan fingerprint density at radius 3 is 2.17 bits per heavy atom. The summed E-state index contributed by atoms with van der Waals surface area (Å²) < 4.78 is 13.5. The van der Waals surface area contributed by atoms with Crippen LogP contribution in [0, 0.1) is 0 Å². The van der Waals surface area contributed by atoms with E-state index in [4.69, 9.17) is 4.74 Å². The summed E-state index contributed by atoms with van der Waals surface area (Å²) in [5, 5.41) is 11.9. The van der Waals surface area contributed by atoms with Crippen molar-refractivity contribution in [2.45, 2.75) is 25.0 Å². The number of hydrogen-bond donors (Lipinski definition) is 2. The van der Waals surface area contributed by atoms with Gasteiger partial charge in [0.1, 0.15) is 0 Å². The first kappa shape index (κ1) is 16.8. The molecule has 7 heteroatoms. The van der Waals surface area contributed by atoms with Crippen LogP contribution in [0.4, 0.5) is 0 Å². The number of aliphatic hydroxyl groups is 1. The molecule has 18 heavy (non-hydrogen) atoms. The second kappa shape index (κ2) is 6.67. The lowest BCUT2D eigenvalue weighted by molar-refractivity contribution is -0.159. The van der Waals surface area contributed by atoms with Crippen molar-refractivity contribution in [3.63, 3.8) is 0 Å². The number of rotatable bonds is 4. The molecule has 1 aliphatic heterocycles. The minimum absolute atomic E-state index is 0.194. The van der Waals surface area contributed by atoms with Crippen LogP contribution < -0.4 is 5.32 Å². The van der Waals surface area contributed by atoms with Crippen LogP contribution in [0.3, 0.4) is 0 Å². The number of likely N-dealkylation sites (N-methyl/N-ethyl adjacent to an activating group) is 1. The highest BCUT2D eigenvalue weighted by molar-refractivity contribution is 5.81. The highest BCUT2D eigenvalue weighted by Crippen LogP contribution is 2.26. The lowest BCUT2D eigenvalue weighted by Crippen LogP contribution is -2.44. The summed E-state index contributed by atoms with van der Waals surface area (Å²) in [5.41, 5.74) is -2.02. The zero-order valence-electron chi connectivity index (χ0n) is 11.4. The number of methoxy groups -OCH3 is 2. The number of carbonyl (C=O) groups is 2. The van der Waals surface area contributed by atoms with Gasteiger partial charge >= 0.3 is 11.9 Å². The number of ether oxygens (including phenoxy) is 3. The van der Waals surface area contributed by atoms with Crippen molar-refractivity contribution in [1.82, 2.24) is 5.32 Å². The third-order valence-electron chi connectivity index (χ3n) is 2.34. The van der Waals surface area contributed by atoms with Crippen LogP contribution in [0.5, 0.6) is 0 Å². The van der Waals surface area contributed by atoms with Crippen molar-refractivity contribution < 1.29 is 28.9 Å². The van der Waals surface area contributed by atoms with Gasteiger partial charge in [-0.25, -0.2) is 9.59 Å². The third-order valence-corrected chi connectivity index (χ3v) is 2.34. The van der Waals surface area contributed by atoms with Gasteiger partial charge in [-0.15, -0.1) is 0 Å². The number of nitrogens with one attached hydrogen (secondary N) is 1. The first-order valence-corrected chi connectivity index (χ1v) is 5.41. The molecule has 1 rings (SSSR count). The van der Waals surface area contributed by atoms with Gasteiger partial charge in [-0.2, -0.15) is 0 Å². The predicted molar refractivity (Wildman–Crippen MR) is 62.9 cm³/mol. The molecule has 0 aromatic rings. The van der Waals surface area contributed by atoms with Gasteiger partial charge < -0.3 is 24.6 Å². The van der Waals surface area contributed by atoms with E-state index in [1.165, 1.54) is 21.1 Å².